The van der Waals surface area contributed by atoms with E-state index >= 15 is 0 Å². The summed E-state index contributed by atoms with van der Waals surface area (Å²) in [7, 11) is 0. The van der Waals surface area contributed by atoms with Gasteiger partial charge in [0.05, 0.1) is 0 Å². The summed E-state index contributed by atoms with van der Waals surface area (Å²) in [6, 6.07) is 0. The van der Waals surface area contributed by atoms with Crippen LogP contribution in [0.3, 0.4) is 0 Å². The molecular formula is C2H3N3S2. The van der Waals surface area contributed by atoms with E-state index in [1.54, 1.807) is 5.38 Å². The second-order valence-corrected chi connectivity index (χ2v) is 2.12. The minimum absolute atomic E-state index is 0.782. The highest BCUT2D eigenvalue weighted by Crippen LogP contribution is 2.06. The van der Waals surface area contributed by atoms with Gasteiger partial charge in [-0.3, -0.25) is 5.14 Å². The van der Waals surface area contributed by atoms with E-state index in [2.05, 4.69) is 9.59 Å². The first-order valence-corrected chi connectivity index (χ1v) is 3.29. The molecule has 5 heteroatoms. The second kappa shape index (κ2) is 2.25. The maximum atomic E-state index is 5.12. The van der Waals surface area contributed by atoms with Crippen LogP contribution in [0.4, 0.5) is 0 Å². The molecule has 0 atom stereocenters. The zero-order valence-electron chi connectivity index (χ0n) is 3.37. The Labute approximate surface area is 49.2 Å². The predicted octanol–water partition coefficient (Wildman–Crippen LogP) is 0.504. The van der Waals surface area contributed by atoms with Crippen LogP contribution in [0.25, 0.3) is 0 Å². The van der Waals surface area contributed by atoms with E-state index in [0.717, 1.165) is 17.0 Å². The van der Waals surface area contributed by atoms with Gasteiger partial charge < -0.3 is 0 Å². The minimum Gasteiger partial charge on any atom is -0.272 e. The highest BCUT2D eigenvalue weighted by atomic mass is 32.2. The van der Waals surface area contributed by atoms with Gasteiger partial charge in [0.15, 0.2) is 0 Å². The van der Waals surface area contributed by atoms with E-state index < -0.39 is 0 Å². The molecule has 0 aliphatic rings. The van der Waals surface area contributed by atoms with Crippen molar-refractivity contribution in [3.63, 3.8) is 0 Å². The molecule has 0 saturated carbocycles. The first kappa shape index (κ1) is 5.02. The lowest BCUT2D eigenvalue weighted by molar-refractivity contribution is 1.04. The smallest absolute Gasteiger partial charge is 0.146 e. The summed E-state index contributed by atoms with van der Waals surface area (Å²) in [6.45, 7) is 0. The van der Waals surface area contributed by atoms with E-state index in [0.29, 0.717) is 0 Å². The molecule has 0 aliphatic heterocycles. The average Bonchev–Trinajstić information content (AvgIpc) is 2.14. The molecule has 0 bridgehead atoms. The lowest BCUT2D eigenvalue weighted by atomic mass is 11.0. The SMILES string of the molecule is NSc1csnn1. The fourth-order valence-electron chi connectivity index (χ4n) is 0.207. The number of rotatable bonds is 1. The number of nitrogens with zero attached hydrogens (tertiary/aromatic N) is 2. The van der Waals surface area contributed by atoms with Crippen molar-refractivity contribution >= 4 is 23.5 Å². The zero-order chi connectivity index (χ0) is 5.11. The Balaban J connectivity index is 2.76. The van der Waals surface area contributed by atoms with Gasteiger partial charge in [-0.15, -0.1) is 5.10 Å². The summed E-state index contributed by atoms with van der Waals surface area (Å²) in [5.41, 5.74) is 0. The van der Waals surface area contributed by atoms with Crippen molar-refractivity contribution in [1.29, 1.82) is 0 Å². The normalized spacial score (nSPS) is 9.29. The molecule has 0 unspecified atom stereocenters. The summed E-state index contributed by atoms with van der Waals surface area (Å²) < 4.78 is 3.58. The summed E-state index contributed by atoms with van der Waals surface area (Å²) in [5.74, 6) is 0. The molecule has 38 valence electrons. The van der Waals surface area contributed by atoms with Crippen molar-refractivity contribution in [2.24, 2.45) is 5.14 Å². The fourth-order valence-corrected chi connectivity index (χ4v) is 1.02. The van der Waals surface area contributed by atoms with E-state index in [9.17, 15) is 0 Å². The van der Waals surface area contributed by atoms with Crippen LogP contribution in [0.2, 0.25) is 0 Å². The average molecular weight is 133 g/mol. The van der Waals surface area contributed by atoms with E-state index in [1.807, 2.05) is 0 Å². The minimum atomic E-state index is 0.782. The highest BCUT2D eigenvalue weighted by molar-refractivity contribution is 7.97. The summed E-state index contributed by atoms with van der Waals surface area (Å²) in [4.78, 5) is 0. The summed E-state index contributed by atoms with van der Waals surface area (Å²) in [5, 5.41) is 11.3. The lowest BCUT2D eigenvalue weighted by Gasteiger charge is -1.75. The van der Waals surface area contributed by atoms with Gasteiger partial charge in [-0.25, -0.2) is 0 Å². The molecule has 1 aromatic heterocycles. The number of aromatic nitrogens is 2. The quantitative estimate of drug-likeness (QED) is 0.567. The molecule has 7 heavy (non-hydrogen) atoms. The van der Waals surface area contributed by atoms with E-state index in [-0.39, 0.29) is 0 Å². The third kappa shape index (κ3) is 1.12. The van der Waals surface area contributed by atoms with Crippen molar-refractivity contribution in [2.45, 2.75) is 5.03 Å². The lowest BCUT2D eigenvalue weighted by Crippen LogP contribution is -1.77. The molecule has 2 N–H and O–H groups in total. The van der Waals surface area contributed by atoms with Gasteiger partial charge in [-0.05, 0) is 23.5 Å². The largest absolute Gasteiger partial charge is 0.272 e. The van der Waals surface area contributed by atoms with Gasteiger partial charge in [0, 0.05) is 5.38 Å². The molecule has 0 aliphatic carbocycles. The van der Waals surface area contributed by atoms with Crippen LogP contribution in [-0.2, 0) is 0 Å². The molecule has 1 aromatic rings. The van der Waals surface area contributed by atoms with Gasteiger partial charge in [-0.2, -0.15) is 0 Å². The van der Waals surface area contributed by atoms with Gasteiger partial charge in [0.1, 0.15) is 5.03 Å². The molecule has 0 fully saturated rings. The van der Waals surface area contributed by atoms with Gasteiger partial charge in [0.2, 0.25) is 0 Å². The molecule has 3 nitrogen and oxygen atoms in total. The molecular weight excluding hydrogens is 130 g/mol. The first-order valence-electron chi connectivity index (χ1n) is 1.57. The van der Waals surface area contributed by atoms with Crippen LogP contribution < -0.4 is 5.14 Å². The molecule has 1 heterocycles. The standard InChI is InChI=1S/C2H3N3S2/c3-7-2-1-6-5-4-2/h1H,3H2. The van der Waals surface area contributed by atoms with Crippen LogP contribution in [0, 0.1) is 0 Å². The fraction of sp³-hybridized carbons (Fsp3) is 0. The van der Waals surface area contributed by atoms with E-state index in [4.69, 9.17) is 5.14 Å². The summed E-state index contributed by atoms with van der Waals surface area (Å²) >= 11 is 2.41. The second-order valence-electron chi connectivity index (χ2n) is 0.861. The van der Waals surface area contributed by atoms with Crippen molar-refractivity contribution in [2.75, 3.05) is 0 Å². The molecule has 0 saturated heterocycles. The van der Waals surface area contributed by atoms with Crippen molar-refractivity contribution in [1.82, 2.24) is 9.59 Å². The Morgan fingerprint density at radius 2 is 2.71 bits per heavy atom. The predicted molar refractivity (Wildman–Crippen MR) is 30.0 cm³/mol. The van der Waals surface area contributed by atoms with Crippen molar-refractivity contribution < 1.29 is 0 Å². The molecule has 1 rings (SSSR count). The van der Waals surface area contributed by atoms with Crippen molar-refractivity contribution in [3.05, 3.63) is 5.38 Å². The topological polar surface area (TPSA) is 51.8 Å². The Bertz CT molecular complexity index is 125. The van der Waals surface area contributed by atoms with Crippen LogP contribution in [0.5, 0.6) is 0 Å². The zero-order valence-corrected chi connectivity index (χ0v) is 5.00. The number of hydrogen-bond acceptors (Lipinski definition) is 5. The van der Waals surface area contributed by atoms with Crippen molar-refractivity contribution in [3.8, 4) is 0 Å². The maximum Gasteiger partial charge on any atom is 0.146 e. The van der Waals surface area contributed by atoms with Crippen LogP contribution in [-0.4, -0.2) is 9.59 Å². The number of hydrogen-bond donors (Lipinski definition) is 1. The van der Waals surface area contributed by atoms with Gasteiger partial charge in [0.25, 0.3) is 0 Å². The molecule has 0 amide bonds. The van der Waals surface area contributed by atoms with E-state index in [1.165, 1.54) is 11.5 Å². The Morgan fingerprint density at radius 1 is 1.86 bits per heavy atom. The van der Waals surface area contributed by atoms with Gasteiger partial charge in [-0.1, -0.05) is 4.49 Å². The van der Waals surface area contributed by atoms with Crippen LogP contribution in [0.15, 0.2) is 10.4 Å². The first-order chi connectivity index (χ1) is 3.43. The maximum absolute atomic E-state index is 5.12. The molecule has 0 aromatic carbocycles. The Kier molecular flexibility index (Phi) is 1.61. The summed E-state index contributed by atoms with van der Waals surface area (Å²) in [6.07, 6.45) is 0. The third-order valence-electron chi connectivity index (χ3n) is 0.461. The highest BCUT2D eigenvalue weighted by Gasteiger charge is 1.87. The Hall–Kier alpha value is -0.130. The molecule has 0 spiro atoms. The Morgan fingerprint density at radius 3 is 3.00 bits per heavy atom. The van der Waals surface area contributed by atoms with Crippen LogP contribution >= 0.6 is 23.5 Å². The third-order valence-corrected chi connectivity index (χ3v) is 1.56. The molecule has 0 radical (unpaired) electrons. The number of nitrogens with two attached hydrogens (primary N) is 1. The van der Waals surface area contributed by atoms with Gasteiger partial charge >= 0.3 is 0 Å². The monoisotopic (exact) mass is 133 g/mol. The van der Waals surface area contributed by atoms with Crippen LogP contribution in [0.1, 0.15) is 0 Å².